The summed E-state index contributed by atoms with van der Waals surface area (Å²) in [4.78, 5) is 0. The Morgan fingerprint density at radius 2 is 1.29 bits per heavy atom. The van der Waals surface area contributed by atoms with Crippen molar-refractivity contribution >= 4 is 96.4 Å². The van der Waals surface area contributed by atoms with Gasteiger partial charge in [-0.1, -0.05) is 54.6 Å². The lowest BCUT2D eigenvalue weighted by atomic mass is 9.97. The van der Waals surface area contributed by atoms with Gasteiger partial charge in [0.2, 0.25) is 0 Å². The van der Waals surface area contributed by atoms with Gasteiger partial charge in [0.15, 0.2) is 0 Å². The van der Waals surface area contributed by atoms with E-state index in [1.165, 1.54) is 78.7 Å². The fourth-order valence-electron chi connectivity index (χ4n) is 5.52. The number of fused-ring (bicyclic) bond motifs is 9. The number of halogens is 1. The van der Waals surface area contributed by atoms with E-state index in [1.54, 1.807) is 5.56 Å². The maximum atomic E-state index is 2.38. The molecule has 34 heavy (non-hydrogen) atoms. The molecule has 0 spiro atoms. The van der Waals surface area contributed by atoms with E-state index in [1.807, 2.05) is 22.7 Å². The summed E-state index contributed by atoms with van der Waals surface area (Å²) in [5.41, 5.74) is 4.12. The minimum absolute atomic E-state index is 0.766. The lowest BCUT2D eigenvalue weighted by Gasteiger charge is -2.06. The first-order valence-electron chi connectivity index (χ1n) is 11.7. The largest absolute Gasteiger partial charge is 0.134 e. The van der Waals surface area contributed by atoms with E-state index in [-0.39, 0.29) is 0 Å². The first kappa shape index (κ1) is 19.8. The van der Waals surface area contributed by atoms with Crippen molar-refractivity contribution in [3.8, 4) is 11.1 Å². The Morgan fingerprint density at radius 3 is 2.15 bits per heavy atom. The maximum absolute atomic E-state index is 2.38. The van der Waals surface area contributed by atoms with Crippen molar-refractivity contribution < 1.29 is 0 Å². The first-order valence-corrected chi connectivity index (χ1v) is 14.4. The van der Waals surface area contributed by atoms with Crippen molar-refractivity contribution in [2.75, 3.05) is 0 Å². The molecule has 2 heterocycles. The summed E-state index contributed by atoms with van der Waals surface area (Å²) in [6, 6.07) is 32.2. The molecule has 8 rings (SSSR count). The second kappa shape index (κ2) is 7.27. The third-order valence-corrected chi connectivity index (χ3v) is 10.6. The van der Waals surface area contributed by atoms with Crippen LogP contribution >= 0.6 is 45.3 Å². The summed E-state index contributed by atoms with van der Waals surface area (Å²) in [6.07, 6.45) is 2.68. The molecule has 0 atom stereocenters. The van der Waals surface area contributed by atoms with Crippen molar-refractivity contribution in [1.82, 2.24) is 0 Å². The van der Waals surface area contributed by atoms with Gasteiger partial charge in [-0.05, 0) is 99.1 Å². The molecule has 1 aliphatic carbocycles. The second-order valence-electron chi connectivity index (χ2n) is 9.40. The lowest BCUT2D eigenvalue weighted by Crippen LogP contribution is -1.83. The highest BCUT2D eigenvalue weighted by Crippen LogP contribution is 2.49. The third-order valence-electron chi connectivity index (χ3n) is 7.33. The predicted octanol–water partition coefficient (Wildman–Crippen LogP) is 10.7. The van der Waals surface area contributed by atoms with Crippen molar-refractivity contribution in [1.29, 1.82) is 0 Å². The molecule has 0 unspecified atom stereocenters. The molecule has 1 aliphatic rings. The van der Waals surface area contributed by atoms with Crippen LogP contribution in [0.3, 0.4) is 0 Å². The molecule has 2 aromatic heterocycles. The van der Waals surface area contributed by atoms with E-state index >= 15 is 0 Å². The molecule has 1 fully saturated rings. The van der Waals surface area contributed by atoms with Gasteiger partial charge >= 0.3 is 0 Å². The van der Waals surface area contributed by atoms with Crippen LogP contribution < -0.4 is 0 Å². The van der Waals surface area contributed by atoms with E-state index in [9.17, 15) is 0 Å². The number of hydrogen-bond donors (Lipinski definition) is 0. The molecule has 0 bridgehead atoms. The fourth-order valence-corrected chi connectivity index (χ4v) is 8.42. The Morgan fingerprint density at radius 1 is 0.588 bits per heavy atom. The third kappa shape index (κ3) is 2.87. The van der Waals surface area contributed by atoms with Crippen LogP contribution in [0.1, 0.15) is 24.3 Å². The van der Waals surface area contributed by atoms with Gasteiger partial charge in [0, 0.05) is 34.5 Å². The van der Waals surface area contributed by atoms with E-state index in [4.69, 9.17) is 0 Å². The van der Waals surface area contributed by atoms with Gasteiger partial charge in [0.05, 0.1) is 9.40 Å². The number of thiophene rings is 2. The van der Waals surface area contributed by atoms with E-state index in [0.717, 1.165) is 5.92 Å². The van der Waals surface area contributed by atoms with Gasteiger partial charge in [-0.3, -0.25) is 0 Å². The molecule has 0 amide bonds. The SMILES string of the molecule is Ic1ccc(-c2ccc3sc4c(ccc5c4sc4ccc6c(C7CC7)cccc6c45)c3c2)cc1. The fraction of sp³-hybridized carbons (Fsp3) is 0.0968. The van der Waals surface area contributed by atoms with Crippen LogP contribution in [0.25, 0.3) is 62.2 Å². The van der Waals surface area contributed by atoms with E-state index in [0.29, 0.717) is 0 Å². The number of rotatable bonds is 2. The van der Waals surface area contributed by atoms with E-state index in [2.05, 4.69) is 108 Å². The average Bonchev–Trinajstić information content (AvgIpc) is 3.54. The van der Waals surface area contributed by atoms with Crippen LogP contribution in [-0.4, -0.2) is 0 Å². The predicted molar refractivity (Wildman–Crippen MR) is 160 cm³/mol. The molecule has 162 valence electrons. The molecule has 7 aromatic rings. The second-order valence-corrected chi connectivity index (χ2v) is 12.7. The van der Waals surface area contributed by atoms with E-state index < -0.39 is 0 Å². The summed E-state index contributed by atoms with van der Waals surface area (Å²) in [5.74, 6) is 0.766. The van der Waals surface area contributed by atoms with Gasteiger partial charge < -0.3 is 0 Å². The van der Waals surface area contributed by atoms with Gasteiger partial charge in [-0.15, -0.1) is 22.7 Å². The van der Waals surface area contributed by atoms with Crippen molar-refractivity contribution in [3.05, 3.63) is 94.1 Å². The van der Waals surface area contributed by atoms with Crippen LogP contribution in [0, 0.1) is 3.57 Å². The summed E-state index contributed by atoms with van der Waals surface area (Å²) < 4.78 is 6.91. The topological polar surface area (TPSA) is 0 Å². The van der Waals surface area contributed by atoms with Gasteiger partial charge in [-0.2, -0.15) is 0 Å². The van der Waals surface area contributed by atoms with Crippen LogP contribution in [0.5, 0.6) is 0 Å². The number of hydrogen-bond acceptors (Lipinski definition) is 2. The highest BCUT2D eigenvalue weighted by molar-refractivity contribution is 14.1. The Kier molecular flexibility index (Phi) is 4.23. The van der Waals surface area contributed by atoms with Gasteiger partial charge in [0.1, 0.15) is 0 Å². The smallest absolute Gasteiger partial charge is 0.0534 e. The van der Waals surface area contributed by atoms with Crippen LogP contribution in [0.2, 0.25) is 0 Å². The Bertz CT molecular complexity index is 1920. The summed E-state index contributed by atoms with van der Waals surface area (Å²) in [6.45, 7) is 0. The molecule has 0 radical (unpaired) electrons. The molecular weight excluding hydrogens is 563 g/mol. The molecule has 3 heteroatoms. The quantitative estimate of drug-likeness (QED) is 0.178. The maximum Gasteiger partial charge on any atom is 0.0534 e. The summed E-state index contributed by atoms with van der Waals surface area (Å²) in [7, 11) is 0. The summed E-state index contributed by atoms with van der Waals surface area (Å²) in [5, 5.41) is 8.49. The summed E-state index contributed by atoms with van der Waals surface area (Å²) >= 11 is 6.28. The average molecular weight is 583 g/mol. The van der Waals surface area contributed by atoms with Crippen molar-refractivity contribution in [2.45, 2.75) is 18.8 Å². The van der Waals surface area contributed by atoms with Gasteiger partial charge in [0.25, 0.3) is 0 Å². The Balaban J connectivity index is 1.41. The minimum Gasteiger partial charge on any atom is -0.134 e. The van der Waals surface area contributed by atoms with Gasteiger partial charge in [-0.25, -0.2) is 0 Å². The van der Waals surface area contributed by atoms with Crippen molar-refractivity contribution in [3.63, 3.8) is 0 Å². The Hall–Kier alpha value is -2.47. The normalized spacial score (nSPS) is 14.3. The molecule has 0 N–H and O–H groups in total. The zero-order valence-electron chi connectivity index (χ0n) is 18.3. The first-order chi connectivity index (χ1) is 16.7. The number of benzene rings is 5. The zero-order chi connectivity index (χ0) is 22.4. The molecule has 0 saturated heterocycles. The molecular formula is C31H19IS2. The highest BCUT2D eigenvalue weighted by atomic mass is 127. The lowest BCUT2D eigenvalue weighted by molar-refractivity contribution is 1.15. The zero-order valence-corrected chi connectivity index (χ0v) is 22.1. The van der Waals surface area contributed by atoms with Crippen LogP contribution in [0.15, 0.2) is 84.9 Å². The minimum atomic E-state index is 0.766. The van der Waals surface area contributed by atoms with Crippen LogP contribution in [-0.2, 0) is 0 Å². The Labute approximate surface area is 219 Å². The molecule has 1 saturated carbocycles. The monoisotopic (exact) mass is 582 g/mol. The molecule has 0 aliphatic heterocycles. The standard InChI is InChI=1S/C31H19IS2/c32-20-9-6-17(7-10-20)19-8-14-27-26(16-19)24-11-12-25-29-23-3-1-2-21(18-4-5-18)22(23)13-15-28(29)34-31(25)30(24)33-27/h1-3,6-16,18H,4-5H2. The highest BCUT2D eigenvalue weighted by Gasteiger charge is 2.25. The van der Waals surface area contributed by atoms with Crippen LogP contribution in [0.4, 0.5) is 0 Å². The van der Waals surface area contributed by atoms with Crippen molar-refractivity contribution in [2.24, 2.45) is 0 Å². The molecule has 5 aromatic carbocycles. The molecule has 0 nitrogen and oxygen atoms in total.